The van der Waals surface area contributed by atoms with E-state index in [0.717, 1.165) is 21.8 Å². The highest BCUT2D eigenvalue weighted by atomic mass is 79.9. The van der Waals surface area contributed by atoms with Crippen molar-refractivity contribution in [1.82, 2.24) is 5.32 Å². The second-order valence-corrected chi connectivity index (χ2v) is 7.86. The lowest BCUT2D eigenvalue weighted by molar-refractivity contribution is 0.0938. The topological polar surface area (TPSA) is 38.3 Å². The van der Waals surface area contributed by atoms with E-state index in [9.17, 15) is 4.79 Å². The molecule has 1 N–H and O–H groups in total. The van der Waals surface area contributed by atoms with Gasteiger partial charge in [0.2, 0.25) is 0 Å². The molecule has 0 aliphatic rings. The summed E-state index contributed by atoms with van der Waals surface area (Å²) in [6.07, 6.45) is 1.88. The maximum Gasteiger partial charge on any atom is 0.255 e. The van der Waals surface area contributed by atoms with E-state index in [2.05, 4.69) is 63.2 Å². The molecule has 0 aliphatic carbocycles. The van der Waals surface area contributed by atoms with Crippen LogP contribution in [-0.4, -0.2) is 19.6 Å². The largest absolute Gasteiger partial charge is 0.496 e. The number of hydrogen-bond donors (Lipinski definition) is 1. The zero-order valence-electron chi connectivity index (χ0n) is 14.7. The predicted molar refractivity (Wildman–Crippen MR) is 109 cm³/mol. The fourth-order valence-electron chi connectivity index (χ4n) is 3.03. The van der Waals surface area contributed by atoms with Gasteiger partial charge >= 0.3 is 0 Å². The Bertz CT molecular complexity index is 742. The minimum absolute atomic E-state index is 0.0985. The zero-order valence-corrected chi connectivity index (χ0v) is 17.9. The van der Waals surface area contributed by atoms with Crippen molar-refractivity contribution in [3.8, 4) is 5.75 Å². The molecule has 0 heterocycles. The third-order valence-electron chi connectivity index (χ3n) is 4.78. The minimum Gasteiger partial charge on any atom is -0.496 e. The van der Waals surface area contributed by atoms with E-state index in [1.54, 1.807) is 19.2 Å². The highest BCUT2D eigenvalue weighted by Crippen LogP contribution is 2.33. The molecule has 0 unspecified atom stereocenters. The molecule has 134 valence electrons. The van der Waals surface area contributed by atoms with E-state index < -0.39 is 0 Å². The molecule has 2 aromatic carbocycles. The first-order valence-electron chi connectivity index (χ1n) is 8.33. The summed E-state index contributed by atoms with van der Waals surface area (Å²) in [5, 5.41) is 3.11. The lowest BCUT2D eigenvalue weighted by Crippen LogP contribution is -2.40. The first kappa shape index (κ1) is 20.0. The van der Waals surface area contributed by atoms with Gasteiger partial charge in [-0.3, -0.25) is 4.79 Å². The van der Waals surface area contributed by atoms with E-state index in [-0.39, 0.29) is 11.3 Å². The molecule has 0 bridgehead atoms. The van der Waals surface area contributed by atoms with E-state index in [1.165, 1.54) is 5.56 Å². The standard InChI is InChI=1S/C20H23Br2NO2/c1-4-20(5-2,14-7-6-8-15(21)11-14)13-23-19(24)17-12-16(22)9-10-18(17)25-3/h6-12H,4-5,13H2,1-3H3,(H,23,24). The number of nitrogens with one attached hydrogen (secondary N) is 1. The van der Waals surface area contributed by atoms with Gasteiger partial charge in [0, 0.05) is 20.9 Å². The summed E-state index contributed by atoms with van der Waals surface area (Å²) in [6, 6.07) is 13.8. The normalized spacial score (nSPS) is 11.2. The number of methoxy groups -OCH3 is 1. The van der Waals surface area contributed by atoms with Crippen LogP contribution in [0.3, 0.4) is 0 Å². The lowest BCUT2D eigenvalue weighted by atomic mass is 9.75. The first-order valence-corrected chi connectivity index (χ1v) is 9.92. The molecule has 0 atom stereocenters. The van der Waals surface area contributed by atoms with Crippen molar-refractivity contribution in [3.63, 3.8) is 0 Å². The van der Waals surface area contributed by atoms with Gasteiger partial charge < -0.3 is 10.1 Å². The van der Waals surface area contributed by atoms with E-state index in [0.29, 0.717) is 17.9 Å². The molecule has 0 saturated heterocycles. The van der Waals surface area contributed by atoms with Crippen molar-refractivity contribution in [3.05, 3.63) is 62.5 Å². The average molecular weight is 469 g/mol. The number of carbonyl (C=O) groups is 1. The molecule has 0 aliphatic heterocycles. The number of amides is 1. The number of rotatable bonds is 7. The molecular formula is C20H23Br2NO2. The second-order valence-electron chi connectivity index (χ2n) is 6.03. The van der Waals surface area contributed by atoms with Crippen LogP contribution in [0, 0.1) is 0 Å². The van der Waals surface area contributed by atoms with Crippen LogP contribution < -0.4 is 10.1 Å². The number of halogens is 2. The van der Waals surface area contributed by atoms with Crippen LogP contribution in [-0.2, 0) is 5.41 Å². The fraction of sp³-hybridized carbons (Fsp3) is 0.350. The van der Waals surface area contributed by atoms with Gasteiger partial charge in [0.1, 0.15) is 5.75 Å². The van der Waals surface area contributed by atoms with E-state index in [4.69, 9.17) is 4.74 Å². The van der Waals surface area contributed by atoms with Crippen molar-refractivity contribution in [2.75, 3.05) is 13.7 Å². The SMILES string of the molecule is CCC(CC)(CNC(=O)c1cc(Br)ccc1OC)c1cccc(Br)c1. The Balaban J connectivity index is 2.24. The molecule has 0 aromatic heterocycles. The Morgan fingerprint density at radius 3 is 2.36 bits per heavy atom. The number of benzene rings is 2. The molecule has 25 heavy (non-hydrogen) atoms. The van der Waals surface area contributed by atoms with Gasteiger partial charge in [-0.15, -0.1) is 0 Å². The Hall–Kier alpha value is -1.33. The van der Waals surface area contributed by atoms with Crippen LogP contribution in [0.2, 0.25) is 0 Å². The Morgan fingerprint density at radius 2 is 1.76 bits per heavy atom. The van der Waals surface area contributed by atoms with Crippen molar-refractivity contribution in [2.45, 2.75) is 32.1 Å². The highest BCUT2D eigenvalue weighted by molar-refractivity contribution is 9.10. The molecule has 0 spiro atoms. The van der Waals surface area contributed by atoms with Gasteiger partial charge in [-0.1, -0.05) is 57.8 Å². The quantitative estimate of drug-likeness (QED) is 0.565. The van der Waals surface area contributed by atoms with Crippen molar-refractivity contribution in [1.29, 1.82) is 0 Å². The summed E-state index contributed by atoms with van der Waals surface area (Å²) < 4.78 is 7.22. The maximum atomic E-state index is 12.7. The van der Waals surface area contributed by atoms with Gasteiger partial charge in [-0.25, -0.2) is 0 Å². The van der Waals surface area contributed by atoms with Crippen LogP contribution in [0.1, 0.15) is 42.6 Å². The van der Waals surface area contributed by atoms with Gasteiger partial charge in [-0.2, -0.15) is 0 Å². The number of hydrogen-bond acceptors (Lipinski definition) is 2. The van der Waals surface area contributed by atoms with Gasteiger partial charge in [-0.05, 0) is 48.7 Å². The minimum atomic E-state index is -0.126. The average Bonchev–Trinajstić information content (AvgIpc) is 2.63. The third-order valence-corrected chi connectivity index (χ3v) is 5.77. The first-order chi connectivity index (χ1) is 12.0. The molecule has 0 fully saturated rings. The Labute approximate surface area is 166 Å². The number of ether oxygens (including phenoxy) is 1. The molecule has 3 nitrogen and oxygen atoms in total. The molecule has 2 aromatic rings. The molecule has 2 rings (SSSR count). The van der Waals surface area contributed by atoms with Crippen LogP contribution in [0.25, 0.3) is 0 Å². The zero-order chi connectivity index (χ0) is 18.4. The van der Waals surface area contributed by atoms with Crippen LogP contribution in [0.4, 0.5) is 0 Å². The highest BCUT2D eigenvalue weighted by Gasteiger charge is 2.29. The van der Waals surface area contributed by atoms with E-state index >= 15 is 0 Å². The summed E-state index contributed by atoms with van der Waals surface area (Å²) in [7, 11) is 1.57. The molecule has 0 radical (unpaired) electrons. The van der Waals surface area contributed by atoms with Crippen molar-refractivity contribution < 1.29 is 9.53 Å². The monoisotopic (exact) mass is 467 g/mol. The molecule has 0 saturated carbocycles. The summed E-state index contributed by atoms with van der Waals surface area (Å²) in [5.74, 6) is 0.446. The van der Waals surface area contributed by atoms with Crippen LogP contribution in [0.5, 0.6) is 5.75 Å². The lowest BCUT2D eigenvalue weighted by Gasteiger charge is -2.33. The molecule has 5 heteroatoms. The van der Waals surface area contributed by atoms with Crippen molar-refractivity contribution in [2.24, 2.45) is 0 Å². The Kier molecular flexibility index (Phi) is 7.08. The fourth-order valence-corrected chi connectivity index (χ4v) is 3.79. The van der Waals surface area contributed by atoms with Gasteiger partial charge in [0.25, 0.3) is 5.91 Å². The molecular weight excluding hydrogens is 446 g/mol. The third kappa shape index (κ3) is 4.64. The molecule has 1 amide bonds. The van der Waals surface area contributed by atoms with Gasteiger partial charge in [0.15, 0.2) is 0 Å². The summed E-state index contributed by atoms with van der Waals surface area (Å²) >= 11 is 6.96. The number of carbonyl (C=O) groups excluding carboxylic acids is 1. The summed E-state index contributed by atoms with van der Waals surface area (Å²) in [4.78, 5) is 12.7. The van der Waals surface area contributed by atoms with Crippen molar-refractivity contribution >= 4 is 37.8 Å². The maximum absolute atomic E-state index is 12.7. The second kappa shape index (κ2) is 8.86. The Morgan fingerprint density at radius 1 is 1.08 bits per heavy atom. The summed E-state index contributed by atoms with van der Waals surface area (Å²) in [5.41, 5.74) is 1.67. The van der Waals surface area contributed by atoms with E-state index in [1.807, 2.05) is 18.2 Å². The predicted octanol–water partition coefficient (Wildman–Crippen LogP) is 5.71. The van der Waals surface area contributed by atoms with Gasteiger partial charge in [0.05, 0.1) is 12.7 Å². The summed E-state index contributed by atoms with van der Waals surface area (Å²) in [6.45, 7) is 4.90. The van der Waals surface area contributed by atoms with Crippen LogP contribution in [0.15, 0.2) is 51.4 Å². The smallest absolute Gasteiger partial charge is 0.255 e. The van der Waals surface area contributed by atoms with Crippen LogP contribution >= 0.6 is 31.9 Å².